The van der Waals surface area contributed by atoms with Crippen LogP contribution in [0.25, 0.3) is 0 Å². The molecule has 2 aromatic rings. The van der Waals surface area contributed by atoms with E-state index in [-0.39, 0.29) is 24.4 Å². The molecule has 37 heavy (non-hydrogen) atoms. The van der Waals surface area contributed by atoms with Gasteiger partial charge in [0, 0.05) is 49.0 Å². The molecule has 0 aliphatic carbocycles. The molecule has 3 aliphatic heterocycles. The highest BCUT2D eigenvalue weighted by molar-refractivity contribution is 6.35. The van der Waals surface area contributed by atoms with Gasteiger partial charge in [0.1, 0.15) is 11.9 Å². The van der Waals surface area contributed by atoms with E-state index in [4.69, 9.17) is 23.2 Å². The second-order valence-corrected chi connectivity index (χ2v) is 10.1. The van der Waals surface area contributed by atoms with Crippen LogP contribution in [-0.4, -0.2) is 82.8 Å². The van der Waals surface area contributed by atoms with E-state index in [2.05, 4.69) is 15.2 Å². The lowest BCUT2D eigenvalue weighted by molar-refractivity contribution is -0.142. The highest BCUT2D eigenvalue weighted by Crippen LogP contribution is 2.39. The van der Waals surface area contributed by atoms with Gasteiger partial charge in [-0.25, -0.2) is 9.78 Å². The maximum absolute atomic E-state index is 13.8. The molecule has 1 saturated heterocycles. The number of halogens is 2. The number of likely N-dealkylation sites (N-methyl/N-ethyl adjacent to an activating group) is 1. The Balaban J connectivity index is 1.34. The van der Waals surface area contributed by atoms with Crippen molar-refractivity contribution in [2.24, 2.45) is 0 Å². The summed E-state index contributed by atoms with van der Waals surface area (Å²) < 4.78 is 0. The molecule has 194 valence electrons. The van der Waals surface area contributed by atoms with E-state index in [0.29, 0.717) is 59.6 Å². The van der Waals surface area contributed by atoms with Crippen LogP contribution in [0.3, 0.4) is 0 Å². The molecule has 0 saturated carbocycles. The van der Waals surface area contributed by atoms with Crippen LogP contribution in [0.1, 0.15) is 25.5 Å². The Morgan fingerprint density at radius 2 is 1.89 bits per heavy atom. The summed E-state index contributed by atoms with van der Waals surface area (Å²) in [5.74, 6) is 0.493. The minimum atomic E-state index is -0.725. The largest absolute Gasteiger partial charge is 0.353 e. The van der Waals surface area contributed by atoms with Crippen LogP contribution < -0.4 is 10.2 Å². The molecular weight excluding hydrogens is 515 g/mol. The fourth-order valence-electron chi connectivity index (χ4n) is 5.22. The van der Waals surface area contributed by atoms with Crippen molar-refractivity contribution in [2.75, 3.05) is 44.2 Å². The Morgan fingerprint density at radius 1 is 1.14 bits per heavy atom. The summed E-state index contributed by atoms with van der Waals surface area (Å²) in [4.78, 5) is 51.6. The number of amides is 4. The van der Waals surface area contributed by atoms with Gasteiger partial charge in [-0.2, -0.15) is 0 Å². The molecule has 4 heterocycles. The smallest absolute Gasteiger partial charge is 0.322 e. The number of aromatic nitrogens is 1. The Hall–Kier alpha value is -3.30. The number of benzene rings is 1. The SMILES string of the molecule is CCN1C(=O)NC(c2ccc(Cl)cc2Cl)C2=C1CN(C(C)C(=O)N1CCN(c3ccccn3)CC1)C2=O. The first-order valence-electron chi connectivity index (χ1n) is 12.3. The minimum absolute atomic E-state index is 0.114. The van der Waals surface area contributed by atoms with Crippen molar-refractivity contribution >= 4 is 46.9 Å². The molecule has 2 unspecified atom stereocenters. The first-order valence-corrected chi connectivity index (χ1v) is 13.1. The van der Waals surface area contributed by atoms with E-state index in [1.807, 2.05) is 25.1 Å². The summed E-state index contributed by atoms with van der Waals surface area (Å²) in [5.41, 5.74) is 1.62. The first-order chi connectivity index (χ1) is 17.8. The quantitative estimate of drug-likeness (QED) is 0.626. The predicted octanol–water partition coefficient (Wildman–Crippen LogP) is 3.31. The molecule has 2 atom stereocenters. The molecule has 4 amide bonds. The lowest BCUT2D eigenvalue weighted by atomic mass is 9.95. The summed E-state index contributed by atoms with van der Waals surface area (Å²) in [6, 6.07) is 9.03. The van der Waals surface area contributed by atoms with Crippen molar-refractivity contribution in [1.82, 2.24) is 25.0 Å². The van der Waals surface area contributed by atoms with Crippen LogP contribution in [0.4, 0.5) is 10.6 Å². The van der Waals surface area contributed by atoms with E-state index in [9.17, 15) is 14.4 Å². The molecule has 3 aliphatic rings. The topological polar surface area (TPSA) is 89.1 Å². The van der Waals surface area contributed by atoms with Crippen LogP contribution in [0.15, 0.2) is 53.9 Å². The average molecular weight is 543 g/mol. The van der Waals surface area contributed by atoms with Gasteiger partial charge in [0.15, 0.2) is 0 Å². The zero-order valence-corrected chi connectivity index (χ0v) is 22.2. The third-order valence-electron chi connectivity index (χ3n) is 7.23. The molecule has 1 aromatic heterocycles. The van der Waals surface area contributed by atoms with Gasteiger partial charge in [0.05, 0.1) is 23.9 Å². The highest BCUT2D eigenvalue weighted by atomic mass is 35.5. The molecule has 5 rings (SSSR count). The molecular formula is C26H28Cl2N6O3. The second kappa shape index (κ2) is 10.2. The number of nitrogens with one attached hydrogen (secondary N) is 1. The number of piperazine rings is 1. The van der Waals surface area contributed by atoms with Gasteiger partial charge in [0.25, 0.3) is 5.91 Å². The summed E-state index contributed by atoms with van der Waals surface area (Å²) in [6.45, 7) is 6.58. The van der Waals surface area contributed by atoms with E-state index < -0.39 is 12.1 Å². The van der Waals surface area contributed by atoms with Gasteiger partial charge in [-0.05, 0) is 43.7 Å². The van der Waals surface area contributed by atoms with Crippen molar-refractivity contribution in [3.63, 3.8) is 0 Å². The zero-order chi connectivity index (χ0) is 26.3. The van der Waals surface area contributed by atoms with Crippen molar-refractivity contribution in [3.05, 3.63) is 69.5 Å². The number of urea groups is 1. The number of pyridine rings is 1. The van der Waals surface area contributed by atoms with E-state index in [1.54, 1.807) is 46.0 Å². The maximum atomic E-state index is 13.8. The third kappa shape index (κ3) is 4.62. The second-order valence-electron chi connectivity index (χ2n) is 9.26. The average Bonchev–Trinajstić information content (AvgIpc) is 3.25. The molecule has 9 nitrogen and oxygen atoms in total. The van der Waals surface area contributed by atoms with Crippen LogP contribution in [-0.2, 0) is 9.59 Å². The van der Waals surface area contributed by atoms with Crippen LogP contribution in [0, 0.1) is 0 Å². The summed E-state index contributed by atoms with van der Waals surface area (Å²) in [6.07, 6.45) is 1.76. The summed E-state index contributed by atoms with van der Waals surface area (Å²) in [7, 11) is 0. The van der Waals surface area contributed by atoms with E-state index >= 15 is 0 Å². The molecule has 0 spiro atoms. The van der Waals surface area contributed by atoms with Crippen molar-refractivity contribution < 1.29 is 14.4 Å². The molecule has 1 aromatic carbocycles. The Morgan fingerprint density at radius 3 is 2.54 bits per heavy atom. The number of carbonyl (C=O) groups is 3. The lowest BCUT2D eigenvalue weighted by Gasteiger charge is -2.38. The summed E-state index contributed by atoms with van der Waals surface area (Å²) >= 11 is 12.5. The lowest BCUT2D eigenvalue weighted by Crippen LogP contribution is -2.55. The van der Waals surface area contributed by atoms with Crippen molar-refractivity contribution in [3.8, 4) is 0 Å². The maximum Gasteiger partial charge on any atom is 0.322 e. The van der Waals surface area contributed by atoms with Crippen LogP contribution >= 0.6 is 23.2 Å². The third-order valence-corrected chi connectivity index (χ3v) is 7.79. The number of rotatable bonds is 5. The van der Waals surface area contributed by atoms with Gasteiger partial charge in [-0.1, -0.05) is 35.3 Å². The Bertz CT molecular complexity index is 1260. The standard InChI is InChI=1S/C26H28Cl2N6O3/c1-3-33-20-15-34(16(2)24(35)32-12-10-31(11-13-32)21-6-4-5-9-29-21)25(36)22(20)23(30-26(33)37)18-8-7-17(27)14-19(18)28/h4-9,14,16,23H,3,10-13,15H2,1-2H3,(H,30,37). The number of anilines is 1. The number of nitrogens with zero attached hydrogens (tertiary/aromatic N) is 5. The Kier molecular flexibility index (Phi) is 7.00. The van der Waals surface area contributed by atoms with Gasteiger partial charge in [-0.15, -0.1) is 0 Å². The van der Waals surface area contributed by atoms with Crippen molar-refractivity contribution in [1.29, 1.82) is 0 Å². The van der Waals surface area contributed by atoms with Gasteiger partial charge in [0.2, 0.25) is 5.91 Å². The van der Waals surface area contributed by atoms with Crippen molar-refractivity contribution in [2.45, 2.75) is 25.9 Å². The normalized spacial score (nSPS) is 20.8. The Labute approximate surface area is 225 Å². The zero-order valence-electron chi connectivity index (χ0n) is 20.7. The molecule has 0 radical (unpaired) electrons. The number of hydrogen-bond acceptors (Lipinski definition) is 5. The molecule has 0 bridgehead atoms. The van der Waals surface area contributed by atoms with Crippen LogP contribution in [0.5, 0.6) is 0 Å². The van der Waals surface area contributed by atoms with Gasteiger partial charge < -0.3 is 20.0 Å². The predicted molar refractivity (Wildman–Crippen MR) is 141 cm³/mol. The molecule has 1 N–H and O–H groups in total. The number of carbonyl (C=O) groups excluding carboxylic acids is 3. The minimum Gasteiger partial charge on any atom is -0.353 e. The highest BCUT2D eigenvalue weighted by Gasteiger charge is 2.46. The van der Waals surface area contributed by atoms with E-state index in [1.165, 1.54) is 0 Å². The van der Waals surface area contributed by atoms with Gasteiger partial charge >= 0.3 is 6.03 Å². The van der Waals surface area contributed by atoms with Gasteiger partial charge in [-0.3, -0.25) is 14.5 Å². The molecule has 1 fully saturated rings. The first kappa shape index (κ1) is 25.4. The monoisotopic (exact) mass is 542 g/mol. The number of hydrogen-bond donors (Lipinski definition) is 1. The fraction of sp³-hybridized carbons (Fsp3) is 0.385. The summed E-state index contributed by atoms with van der Waals surface area (Å²) in [5, 5.41) is 3.73. The van der Waals surface area contributed by atoms with E-state index in [0.717, 1.165) is 5.82 Å². The fourth-order valence-corrected chi connectivity index (χ4v) is 5.74. The van der Waals surface area contributed by atoms with Crippen LogP contribution in [0.2, 0.25) is 10.0 Å². The molecule has 11 heteroatoms.